The van der Waals surface area contributed by atoms with E-state index >= 15 is 0 Å². The number of carboxylic acids is 1. The summed E-state index contributed by atoms with van der Waals surface area (Å²) in [5, 5.41) is 15.5. The summed E-state index contributed by atoms with van der Waals surface area (Å²) in [6.45, 7) is 2.47. The third kappa shape index (κ3) is 4.54. The first-order chi connectivity index (χ1) is 12.1. The van der Waals surface area contributed by atoms with Gasteiger partial charge in [-0.25, -0.2) is 14.8 Å². The molecule has 0 saturated heterocycles. The second-order valence-corrected chi connectivity index (χ2v) is 5.54. The molecule has 0 atom stereocenters. The molecule has 6 nitrogen and oxygen atoms in total. The van der Waals surface area contributed by atoms with Crippen LogP contribution < -0.4 is 10.6 Å². The highest BCUT2D eigenvalue weighted by atomic mass is 16.4. The Morgan fingerprint density at radius 3 is 2.52 bits per heavy atom. The number of aromatic nitrogens is 2. The number of carboxylic acid groups (broad SMARTS) is 1. The third-order valence-corrected chi connectivity index (χ3v) is 3.54. The van der Waals surface area contributed by atoms with Gasteiger partial charge in [-0.3, -0.25) is 0 Å². The summed E-state index contributed by atoms with van der Waals surface area (Å²) in [6.07, 6.45) is 0. The van der Waals surface area contributed by atoms with Crippen molar-refractivity contribution in [3.8, 4) is 0 Å². The molecule has 126 valence electrons. The van der Waals surface area contributed by atoms with E-state index in [0.29, 0.717) is 29.7 Å². The van der Waals surface area contributed by atoms with Crippen molar-refractivity contribution in [3.63, 3.8) is 0 Å². The molecule has 0 amide bonds. The molecule has 1 heterocycles. The number of carbonyl (C=O) groups is 1. The molecule has 0 spiro atoms. The second kappa shape index (κ2) is 7.44. The standard InChI is InChI=1S/C19H18N4O2/c1-13-21-17(20-12-14-6-3-2-4-7-14)11-18(22-13)23-16-9-5-8-15(10-16)19(24)25/h2-11H,12H2,1H3,(H,24,25)(H2,20,21,22,23). The van der Waals surface area contributed by atoms with Crippen LogP contribution in [-0.4, -0.2) is 21.0 Å². The van der Waals surface area contributed by atoms with E-state index in [1.165, 1.54) is 0 Å². The maximum Gasteiger partial charge on any atom is 0.335 e. The fourth-order valence-corrected chi connectivity index (χ4v) is 2.39. The van der Waals surface area contributed by atoms with E-state index in [1.807, 2.05) is 37.3 Å². The number of nitrogens with one attached hydrogen (secondary N) is 2. The van der Waals surface area contributed by atoms with Crippen molar-refractivity contribution in [3.05, 3.63) is 77.6 Å². The minimum atomic E-state index is -0.965. The lowest BCUT2D eigenvalue weighted by Crippen LogP contribution is -2.05. The van der Waals surface area contributed by atoms with Gasteiger partial charge in [0.05, 0.1) is 5.56 Å². The summed E-state index contributed by atoms with van der Waals surface area (Å²) in [5.74, 6) is 0.960. The predicted octanol–water partition coefficient (Wildman–Crippen LogP) is 3.84. The fraction of sp³-hybridized carbons (Fsp3) is 0.105. The Balaban J connectivity index is 1.75. The van der Waals surface area contributed by atoms with Gasteiger partial charge in [-0.15, -0.1) is 0 Å². The van der Waals surface area contributed by atoms with E-state index in [4.69, 9.17) is 5.11 Å². The highest BCUT2D eigenvalue weighted by Crippen LogP contribution is 2.19. The van der Waals surface area contributed by atoms with Crippen molar-refractivity contribution in [2.75, 3.05) is 10.6 Å². The van der Waals surface area contributed by atoms with Crippen LogP contribution in [-0.2, 0) is 6.54 Å². The Bertz CT molecular complexity index is 882. The number of rotatable bonds is 6. The van der Waals surface area contributed by atoms with Gasteiger partial charge in [0.15, 0.2) is 0 Å². The van der Waals surface area contributed by atoms with Gasteiger partial charge in [-0.05, 0) is 30.7 Å². The number of aromatic carboxylic acids is 1. The number of aryl methyl sites for hydroxylation is 1. The number of benzene rings is 2. The second-order valence-electron chi connectivity index (χ2n) is 5.54. The Morgan fingerprint density at radius 1 is 1.00 bits per heavy atom. The van der Waals surface area contributed by atoms with Crippen molar-refractivity contribution in [2.24, 2.45) is 0 Å². The van der Waals surface area contributed by atoms with Crippen LogP contribution in [0, 0.1) is 6.92 Å². The van der Waals surface area contributed by atoms with Crippen LogP contribution in [0.2, 0.25) is 0 Å². The Labute approximate surface area is 145 Å². The summed E-state index contributed by atoms with van der Waals surface area (Å²) in [7, 11) is 0. The van der Waals surface area contributed by atoms with Gasteiger partial charge in [0.1, 0.15) is 17.5 Å². The third-order valence-electron chi connectivity index (χ3n) is 3.54. The smallest absolute Gasteiger partial charge is 0.335 e. The predicted molar refractivity (Wildman–Crippen MR) is 97.2 cm³/mol. The topological polar surface area (TPSA) is 87.1 Å². The van der Waals surface area contributed by atoms with Crippen molar-refractivity contribution in [2.45, 2.75) is 13.5 Å². The molecular weight excluding hydrogens is 316 g/mol. The van der Waals surface area contributed by atoms with Gasteiger partial charge in [-0.1, -0.05) is 36.4 Å². The quantitative estimate of drug-likeness (QED) is 0.635. The summed E-state index contributed by atoms with van der Waals surface area (Å²) in [5.41, 5.74) is 2.03. The van der Waals surface area contributed by atoms with Gasteiger partial charge in [0.2, 0.25) is 0 Å². The number of nitrogens with zero attached hydrogens (tertiary/aromatic N) is 2. The van der Waals surface area contributed by atoms with Crippen LogP contribution in [0.15, 0.2) is 60.7 Å². The van der Waals surface area contributed by atoms with E-state index in [2.05, 4.69) is 20.6 Å². The zero-order valence-corrected chi connectivity index (χ0v) is 13.7. The highest BCUT2D eigenvalue weighted by Gasteiger charge is 2.06. The van der Waals surface area contributed by atoms with Crippen molar-refractivity contribution < 1.29 is 9.90 Å². The van der Waals surface area contributed by atoms with Crippen LogP contribution in [0.5, 0.6) is 0 Å². The molecule has 6 heteroatoms. The van der Waals surface area contributed by atoms with E-state index in [1.54, 1.807) is 30.3 Å². The first-order valence-electron chi connectivity index (χ1n) is 7.84. The van der Waals surface area contributed by atoms with E-state index < -0.39 is 5.97 Å². The summed E-state index contributed by atoms with van der Waals surface area (Å²) in [6, 6.07) is 18.4. The van der Waals surface area contributed by atoms with Gasteiger partial charge >= 0.3 is 5.97 Å². The molecule has 25 heavy (non-hydrogen) atoms. The first-order valence-corrected chi connectivity index (χ1v) is 7.84. The van der Waals surface area contributed by atoms with Crippen LogP contribution in [0.3, 0.4) is 0 Å². The van der Waals surface area contributed by atoms with Gasteiger partial charge in [-0.2, -0.15) is 0 Å². The molecule has 0 unspecified atom stereocenters. The lowest BCUT2D eigenvalue weighted by molar-refractivity contribution is 0.0697. The molecule has 3 aromatic rings. The lowest BCUT2D eigenvalue weighted by Gasteiger charge is -2.11. The highest BCUT2D eigenvalue weighted by molar-refractivity contribution is 5.89. The molecule has 0 fully saturated rings. The van der Waals surface area contributed by atoms with E-state index in [-0.39, 0.29) is 5.56 Å². The van der Waals surface area contributed by atoms with Gasteiger partial charge in [0.25, 0.3) is 0 Å². The number of anilines is 3. The zero-order chi connectivity index (χ0) is 17.6. The molecule has 3 rings (SSSR count). The molecule has 3 N–H and O–H groups in total. The zero-order valence-electron chi connectivity index (χ0n) is 13.7. The van der Waals surface area contributed by atoms with Crippen LogP contribution in [0.1, 0.15) is 21.7 Å². The fourth-order valence-electron chi connectivity index (χ4n) is 2.39. The Kier molecular flexibility index (Phi) is 4.89. The lowest BCUT2D eigenvalue weighted by atomic mass is 10.2. The van der Waals surface area contributed by atoms with Gasteiger partial charge < -0.3 is 15.7 Å². The van der Waals surface area contributed by atoms with Crippen LogP contribution in [0.4, 0.5) is 17.3 Å². The Morgan fingerprint density at radius 2 is 1.76 bits per heavy atom. The van der Waals surface area contributed by atoms with Crippen molar-refractivity contribution in [1.29, 1.82) is 0 Å². The minimum Gasteiger partial charge on any atom is -0.478 e. The maximum atomic E-state index is 11.1. The minimum absolute atomic E-state index is 0.221. The molecule has 0 aliphatic heterocycles. The maximum absolute atomic E-state index is 11.1. The molecule has 1 aromatic heterocycles. The summed E-state index contributed by atoms with van der Waals surface area (Å²) < 4.78 is 0. The molecule has 0 aliphatic carbocycles. The SMILES string of the molecule is Cc1nc(NCc2ccccc2)cc(Nc2cccc(C(=O)O)c2)n1. The molecule has 0 saturated carbocycles. The molecule has 2 aromatic carbocycles. The van der Waals surface area contributed by atoms with Gasteiger partial charge in [0, 0.05) is 18.3 Å². The largest absolute Gasteiger partial charge is 0.478 e. The monoisotopic (exact) mass is 334 g/mol. The number of hydrogen-bond acceptors (Lipinski definition) is 5. The molecule has 0 radical (unpaired) electrons. The summed E-state index contributed by atoms with van der Waals surface area (Å²) >= 11 is 0. The van der Waals surface area contributed by atoms with Crippen LogP contribution in [0.25, 0.3) is 0 Å². The molecule has 0 aliphatic rings. The molecular formula is C19H18N4O2. The normalized spacial score (nSPS) is 10.3. The van der Waals surface area contributed by atoms with Crippen LogP contribution >= 0.6 is 0 Å². The summed E-state index contributed by atoms with van der Waals surface area (Å²) in [4.78, 5) is 19.8. The van der Waals surface area contributed by atoms with E-state index in [0.717, 1.165) is 5.56 Å². The van der Waals surface area contributed by atoms with Crippen molar-refractivity contribution >= 4 is 23.3 Å². The average Bonchev–Trinajstić information content (AvgIpc) is 2.60. The van der Waals surface area contributed by atoms with Crippen molar-refractivity contribution in [1.82, 2.24) is 9.97 Å². The van der Waals surface area contributed by atoms with E-state index in [9.17, 15) is 4.79 Å². The Hall–Kier alpha value is -3.41. The average molecular weight is 334 g/mol. The number of hydrogen-bond donors (Lipinski definition) is 3. The first kappa shape index (κ1) is 16.4. The molecule has 0 bridgehead atoms.